The van der Waals surface area contributed by atoms with E-state index in [1.54, 1.807) is 0 Å². The third kappa shape index (κ3) is 11.5. The first-order valence-electron chi connectivity index (χ1n) is 5.31. The van der Waals surface area contributed by atoms with Crippen LogP contribution in [0.15, 0.2) is 0 Å². The quantitative estimate of drug-likeness (QED) is 0.695. The number of rotatable bonds is 4. The van der Waals surface area contributed by atoms with Crippen molar-refractivity contribution >= 4 is 0 Å². The molecule has 0 aromatic rings. The Morgan fingerprint density at radius 2 is 1.71 bits per heavy atom. The van der Waals surface area contributed by atoms with E-state index in [1.165, 1.54) is 0 Å². The van der Waals surface area contributed by atoms with Crippen LogP contribution in [0, 0.1) is 11.8 Å². The number of hydrogen-bond donors (Lipinski definition) is 1. The van der Waals surface area contributed by atoms with E-state index < -0.39 is 0 Å². The monoisotopic (exact) mass is 198 g/mol. The Morgan fingerprint density at radius 3 is 2.07 bits per heavy atom. The van der Waals surface area contributed by atoms with Crippen LogP contribution in [-0.2, 0) is 0 Å². The van der Waals surface area contributed by atoms with Gasteiger partial charge in [0.25, 0.3) is 0 Å². The Labute approximate surface area is 90.1 Å². The highest BCUT2D eigenvalue weighted by molar-refractivity contribution is 5.12. The summed E-state index contributed by atoms with van der Waals surface area (Å²) in [5, 5.41) is 3.38. The first kappa shape index (κ1) is 15.9. The molecule has 0 aromatic heterocycles. The summed E-state index contributed by atoms with van der Waals surface area (Å²) in [5.41, 5.74) is -0.0508. The molecule has 84 valence electrons. The van der Waals surface area contributed by atoms with E-state index in [0.29, 0.717) is 0 Å². The van der Waals surface area contributed by atoms with Gasteiger partial charge in [0.1, 0.15) is 0 Å². The maximum Gasteiger partial charge on any atom is 0.0744 e. The van der Waals surface area contributed by atoms with Crippen LogP contribution in [-0.4, -0.2) is 37.6 Å². The first-order valence-corrected chi connectivity index (χ1v) is 5.31. The second kappa shape index (κ2) is 9.05. The molecule has 0 bridgehead atoms. The second-order valence-corrected chi connectivity index (χ2v) is 3.73. The lowest BCUT2D eigenvalue weighted by molar-refractivity contribution is 0.374. The summed E-state index contributed by atoms with van der Waals surface area (Å²) in [5.74, 6) is 6.04. The van der Waals surface area contributed by atoms with Crippen molar-refractivity contribution in [3.63, 3.8) is 0 Å². The molecule has 0 heterocycles. The van der Waals surface area contributed by atoms with E-state index in [0.717, 1.165) is 13.1 Å². The van der Waals surface area contributed by atoms with Crippen molar-refractivity contribution in [3.8, 4) is 11.8 Å². The summed E-state index contributed by atoms with van der Waals surface area (Å²) >= 11 is 0. The molecule has 0 fully saturated rings. The Morgan fingerprint density at radius 1 is 1.21 bits per heavy atom. The molecule has 14 heavy (non-hydrogen) atoms. The van der Waals surface area contributed by atoms with Crippen molar-refractivity contribution in [3.05, 3.63) is 0 Å². The lowest BCUT2D eigenvalue weighted by Gasteiger charge is -2.21. The van der Waals surface area contributed by atoms with Crippen molar-refractivity contribution in [1.29, 1.82) is 0 Å². The summed E-state index contributed by atoms with van der Waals surface area (Å²) in [4.78, 5) is 2.16. The molecule has 0 rings (SSSR count). The van der Waals surface area contributed by atoms with E-state index >= 15 is 0 Å². The lowest BCUT2D eigenvalue weighted by atomic mass is 10.1. The summed E-state index contributed by atoms with van der Waals surface area (Å²) < 4.78 is 0. The summed E-state index contributed by atoms with van der Waals surface area (Å²) in [6, 6.07) is 0. The van der Waals surface area contributed by atoms with Gasteiger partial charge < -0.3 is 10.2 Å². The van der Waals surface area contributed by atoms with E-state index in [4.69, 9.17) is 0 Å². The third-order valence-electron chi connectivity index (χ3n) is 1.56. The van der Waals surface area contributed by atoms with Gasteiger partial charge in [0.2, 0.25) is 0 Å². The highest BCUT2D eigenvalue weighted by Gasteiger charge is 2.11. The molecule has 0 aliphatic rings. The molecule has 0 aromatic carbocycles. The summed E-state index contributed by atoms with van der Waals surface area (Å²) in [6.07, 6.45) is 0. The van der Waals surface area contributed by atoms with Crippen LogP contribution in [0.1, 0.15) is 34.6 Å². The molecule has 0 unspecified atom stereocenters. The number of likely N-dealkylation sites (N-methyl/N-ethyl adjacent to an activating group) is 1. The van der Waals surface area contributed by atoms with Gasteiger partial charge in [-0.15, -0.1) is 5.92 Å². The van der Waals surface area contributed by atoms with Crippen LogP contribution in [0.3, 0.4) is 0 Å². The molecular weight excluding hydrogens is 172 g/mol. The van der Waals surface area contributed by atoms with E-state index in [2.05, 4.69) is 50.0 Å². The largest absolute Gasteiger partial charge is 0.308 e. The predicted molar refractivity (Wildman–Crippen MR) is 65.4 cm³/mol. The topological polar surface area (TPSA) is 15.3 Å². The Balaban J connectivity index is 0. The van der Waals surface area contributed by atoms with E-state index in [9.17, 15) is 0 Å². The predicted octanol–water partition coefficient (Wildman–Crippen LogP) is 1.97. The lowest BCUT2D eigenvalue weighted by Crippen LogP contribution is -2.41. The standard InChI is InChI=1S/C10H20N2.C2H6/c1-6-7-10(2,3)11-8-9-12(4)5;1-2/h11H,8-9H2,1-5H3;1-2H3. The summed E-state index contributed by atoms with van der Waals surface area (Å²) in [7, 11) is 4.14. The molecular formula is C12H26N2. The van der Waals surface area contributed by atoms with Crippen molar-refractivity contribution in [2.45, 2.75) is 40.2 Å². The molecule has 0 aliphatic heterocycles. The Bertz CT molecular complexity index is 172. The third-order valence-corrected chi connectivity index (χ3v) is 1.56. The van der Waals surface area contributed by atoms with Gasteiger partial charge in [0.15, 0.2) is 0 Å². The molecule has 0 saturated heterocycles. The molecule has 0 aliphatic carbocycles. The fraction of sp³-hybridized carbons (Fsp3) is 0.833. The molecule has 0 spiro atoms. The van der Waals surface area contributed by atoms with Gasteiger partial charge in [-0.2, -0.15) is 0 Å². The number of hydrogen-bond acceptors (Lipinski definition) is 2. The van der Waals surface area contributed by atoms with E-state index in [1.807, 2.05) is 20.8 Å². The van der Waals surface area contributed by atoms with Gasteiger partial charge in [-0.25, -0.2) is 0 Å². The van der Waals surface area contributed by atoms with Crippen LogP contribution in [0.4, 0.5) is 0 Å². The summed E-state index contributed by atoms with van der Waals surface area (Å²) in [6.45, 7) is 12.1. The number of nitrogens with one attached hydrogen (secondary N) is 1. The van der Waals surface area contributed by atoms with Crippen LogP contribution in [0.25, 0.3) is 0 Å². The van der Waals surface area contributed by atoms with Gasteiger partial charge in [-0.05, 0) is 34.9 Å². The van der Waals surface area contributed by atoms with Crippen molar-refractivity contribution in [2.24, 2.45) is 0 Å². The molecule has 1 N–H and O–H groups in total. The van der Waals surface area contributed by atoms with Gasteiger partial charge in [-0.3, -0.25) is 0 Å². The zero-order valence-corrected chi connectivity index (χ0v) is 10.9. The minimum absolute atomic E-state index is 0.0508. The zero-order chi connectivity index (χ0) is 11.6. The first-order chi connectivity index (χ1) is 6.48. The van der Waals surface area contributed by atoms with Crippen molar-refractivity contribution in [2.75, 3.05) is 27.2 Å². The van der Waals surface area contributed by atoms with Crippen LogP contribution in [0.5, 0.6) is 0 Å². The van der Waals surface area contributed by atoms with Gasteiger partial charge in [-0.1, -0.05) is 19.8 Å². The smallest absolute Gasteiger partial charge is 0.0744 e. The van der Waals surface area contributed by atoms with Gasteiger partial charge in [0, 0.05) is 13.1 Å². The van der Waals surface area contributed by atoms with Gasteiger partial charge in [0.05, 0.1) is 5.54 Å². The fourth-order valence-corrected chi connectivity index (χ4v) is 0.949. The molecule has 0 radical (unpaired) electrons. The molecule has 2 heteroatoms. The SMILES string of the molecule is CC.CC#CC(C)(C)NCCN(C)C. The highest BCUT2D eigenvalue weighted by atomic mass is 15.1. The maximum absolute atomic E-state index is 3.38. The normalized spacial score (nSPS) is 10.0. The molecule has 0 amide bonds. The van der Waals surface area contributed by atoms with Crippen LogP contribution >= 0.6 is 0 Å². The second-order valence-electron chi connectivity index (χ2n) is 3.73. The van der Waals surface area contributed by atoms with Crippen LogP contribution < -0.4 is 5.32 Å². The van der Waals surface area contributed by atoms with Crippen molar-refractivity contribution < 1.29 is 0 Å². The van der Waals surface area contributed by atoms with E-state index in [-0.39, 0.29) is 5.54 Å². The number of nitrogens with zero attached hydrogens (tertiary/aromatic N) is 1. The Hall–Kier alpha value is -0.520. The van der Waals surface area contributed by atoms with Crippen molar-refractivity contribution in [1.82, 2.24) is 10.2 Å². The highest BCUT2D eigenvalue weighted by Crippen LogP contribution is 1.97. The van der Waals surface area contributed by atoms with Gasteiger partial charge >= 0.3 is 0 Å². The fourth-order valence-electron chi connectivity index (χ4n) is 0.949. The zero-order valence-electron chi connectivity index (χ0n) is 10.9. The van der Waals surface area contributed by atoms with Crippen LogP contribution in [0.2, 0.25) is 0 Å². The minimum atomic E-state index is -0.0508. The molecule has 2 nitrogen and oxygen atoms in total. The average Bonchev–Trinajstić information content (AvgIpc) is 2.06. The molecule has 0 saturated carbocycles. The average molecular weight is 198 g/mol. The minimum Gasteiger partial charge on any atom is -0.308 e. The Kier molecular flexibility index (Phi) is 10.3. The maximum atomic E-state index is 3.38. The molecule has 0 atom stereocenters.